The highest BCUT2D eigenvalue weighted by Gasteiger charge is 2.13. The zero-order valence-electron chi connectivity index (χ0n) is 11.4. The predicted molar refractivity (Wildman–Crippen MR) is 87.4 cm³/mol. The van der Waals surface area contributed by atoms with Gasteiger partial charge in [0.25, 0.3) is 5.91 Å². The Balaban J connectivity index is 2.27. The third kappa shape index (κ3) is 3.86. The van der Waals surface area contributed by atoms with Crippen LogP contribution in [0.2, 0.25) is 5.02 Å². The molecule has 0 saturated carbocycles. The lowest BCUT2D eigenvalue weighted by Gasteiger charge is -2.10. The Labute approximate surface area is 135 Å². The van der Waals surface area contributed by atoms with Crippen LogP contribution in [0.15, 0.2) is 34.9 Å². The van der Waals surface area contributed by atoms with Crippen LogP contribution in [0.3, 0.4) is 0 Å². The molecule has 2 rings (SSSR count). The van der Waals surface area contributed by atoms with Gasteiger partial charge in [0.05, 0.1) is 17.7 Å². The lowest BCUT2D eigenvalue weighted by molar-refractivity contribution is 0.102. The highest BCUT2D eigenvalue weighted by Crippen LogP contribution is 2.26. The molecule has 0 atom stereocenters. The van der Waals surface area contributed by atoms with Gasteiger partial charge in [-0.1, -0.05) is 27.5 Å². The zero-order chi connectivity index (χ0) is 15.4. The second-order valence-electron chi connectivity index (χ2n) is 4.13. The number of ether oxygens (including phenoxy) is 1. The van der Waals surface area contributed by atoms with Crippen molar-refractivity contribution in [3.63, 3.8) is 0 Å². The number of methoxy groups -OCH3 is 1. The first-order valence-electron chi connectivity index (χ1n) is 6.02. The highest BCUT2D eigenvalue weighted by atomic mass is 79.9. The van der Waals surface area contributed by atoms with E-state index in [1.54, 1.807) is 38.4 Å². The van der Waals surface area contributed by atoms with Crippen LogP contribution < -0.4 is 15.4 Å². The van der Waals surface area contributed by atoms with E-state index >= 15 is 0 Å². The molecule has 0 fully saturated rings. The molecule has 7 heteroatoms. The van der Waals surface area contributed by atoms with Crippen LogP contribution >= 0.6 is 27.5 Å². The summed E-state index contributed by atoms with van der Waals surface area (Å²) in [6.45, 7) is 0. The number of anilines is 2. The molecule has 1 aromatic carbocycles. The highest BCUT2D eigenvalue weighted by molar-refractivity contribution is 9.10. The van der Waals surface area contributed by atoms with Crippen LogP contribution in [-0.4, -0.2) is 25.0 Å². The third-order valence-corrected chi connectivity index (χ3v) is 3.48. The summed E-state index contributed by atoms with van der Waals surface area (Å²) in [4.78, 5) is 16.3. The average molecular weight is 371 g/mol. The van der Waals surface area contributed by atoms with Gasteiger partial charge in [-0.3, -0.25) is 4.79 Å². The minimum Gasteiger partial charge on any atom is -0.497 e. The number of carbonyl (C=O) groups is 1. The molecule has 0 radical (unpaired) electrons. The molecule has 0 aliphatic rings. The Morgan fingerprint density at radius 3 is 2.76 bits per heavy atom. The minimum absolute atomic E-state index is 0.286. The molecule has 2 N–H and O–H groups in total. The largest absolute Gasteiger partial charge is 0.497 e. The Bertz CT molecular complexity index is 679. The summed E-state index contributed by atoms with van der Waals surface area (Å²) in [5, 5.41) is 5.93. The molecule has 0 saturated heterocycles. The lowest BCUT2D eigenvalue weighted by Crippen LogP contribution is -2.13. The molecule has 0 unspecified atom stereocenters. The van der Waals surface area contributed by atoms with E-state index in [4.69, 9.17) is 16.3 Å². The first-order chi connectivity index (χ1) is 10.0. The number of carbonyl (C=O) groups excluding carboxylic acids is 1. The third-order valence-electron chi connectivity index (χ3n) is 2.72. The zero-order valence-corrected chi connectivity index (χ0v) is 13.7. The first kappa shape index (κ1) is 15.6. The van der Waals surface area contributed by atoms with Crippen LogP contribution in [0.4, 0.5) is 11.5 Å². The average Bonchev–Trinajstić information content (AvgIpc) is 2.46. The van der Waals surface area contributed by atoms with Crippen LogP contribution in [-0.2, 0) is 0 Å². The Kier molecular flexibility index (Phi) is 5.03. The fraction of sp³-hybridized carbons (Fsp3) is 0.143. The quantitative estimate of drug-likeness (QED) is 0.859. The summed E-state index contributed by atoms with van der Waals surface area (Å²) in [5.74, 6) is 0.881. The van der Waals surface area contributed by atoms with Gasteiger partial charge in [-0.15, -0.1) is 0 Å². The van der Waals surface area contributed by atoms with Crippen molar-refractivity contribution in [2.75, 3.05) is 24.8 Å². The minimum atomic E-state index is -0.320. The smallest absolute Gasteiger partial charge is 0.257 e. The van der Waals surface area contributed by atoms with Gasteiger partial charge in [0.15, 0.2) is 0 Å². The van der Waals surface area contributed by atoms with Gasteiger partial charge in [0, 0.05) is 29.5 Å². The number of pyridine rings is 1. The molecular formula is C14H13BrClN3O2. The predicted octanol–water partition coefficient (Wildman–Crippen LogP) is 3.80. The Hall–Kier alpha value is -1.79. The van der Waals surface area contributed by atoms with Crippen LogP contribution in [0.25, 0.3) is 0 Å². The number of hydrogen-bond acceptors (Lipinski definition) is 4. The summed E-state index contributed by atoms with van der Waals surface area (Å²) in [5.41, 5.74) is 0.945. The van der Waals surface area contributed by atoms with E-state index in [2.05, 4.69) is 31.5 Å². The van der Waals surface area contributed by atoms with E-state index in [-0.39, 0.29) is 10.9 Å². The van der Waals surface area contributed by atoms with Crippen LogP contribution in [0, 0.1) is 0 Å². The van der Waals surface area contributed by atoms with Crippen molar-refractivity contribution in [2.45, 2.75) is 0 Å². The summed E-state index contributed by atoms with van der Waals surface area (Å²) >= 11 is 9.38. The maximum Gasteiger partial charge on any atom is 0.257 e. The number of nitrogens with one attached hydrogen (secondary N) is 2. The fourth-order valence-corrected chi connectivity index (χ4v) is 2.36. The van der Waals surface area contributed by atoms with Crippen molar-refractivity contribution in [3.8, 4) is 5.75 Å². The van der Waals surface area contributed by atoms with Crippen molar-refractivity contribution in [1.29, 1.82) is 0 Å². The Morgan fingerprint density at radius 1 is 1.33 bits per heavy atom. The molecule has 21 heavy (non-hydrogen) atoms. The van der Waals surface area contributed by atoms with Gasteiger partial charge in [-0.25, -0.2) is 4.98 Å². The van der Waals surface area contributed by atoms with Gasteiger partial charge in [-0.05, 0) is 18.2 Å². The van der Waals surface area contributed by atoms with Gasteiger partial charge < -0.3 is 15.4 Å². The second-order valence-corrected chi connectivity index (χ2v) is 5.46. The SMILES string of the molecule is CNc1cc(C(=O)Nc2cc(Br)cc(OC)c2)c(Cl)cn1. The van der Waals surface area contributed by atoms with Crippen molar-refractivity contribution in [1.82, 2.24) is 4.98 Å². The van der Waals surface area contributed by atoms with Crippen molar-refractivity contribution in [3.05, 3.63) is 45.5 Å². The number of aromatic nitrogens is 1. The summed E-state index contributed by atoms with van der Waals surface area (Å²) in [6.07, 6.45) is 1.43. The molecule has 1 heterocycles. The lowest BCUT2D eigenvalue weighted by atomic mass is 10.2. The standard InChI is InChI=1S/C14H13BrClN3O2/c1-17-13-6-11(12(16)7-18-13)14(20)19-9-3-8(15)4-10(5-9)21-2/h3-7H,1-2H3,(H,17,18)(H,19,20). The molecule has 0 spiro atoms. The number of nitrogens with zero attached hydrogens (tertiary/aromatic N) is 1. The van der Waals surface area contributed by atoms with Crippen LogP contribution in [0.1, 0.15) is 10.4 Å². The first-order valence-corrected chi connectivity index (χ1v) is 7.20. The summed E-state index contributed by atoms with van der Waals surface area (Å²) < 4.78 is 5.96. The molecule has 0 bridgehead atoms. The number of hydrogen-bond donors (Lipinski definition) is 2. The normalized spacial score (nSPS) is 10.1. The summed E-state index contributed by atoms with van der Waals surface area (Å²) in [7, 11) is 3.28. The van der Waals surface area contributed by atoms with E-state index < -0.39 is 0 Å². The van der Waals surface area contributed by atoms with Gasteiger partial charge >= 0.3 is 0 Å². The molecule has 1 amide bonds. The van der Waals surface area contributed by atoms with E-state index in [0.29, 0.717) is 22.8 Å². The summed E-state index contributed by atoms with van der Waals surface area (Å²) in [6, 6.07) is 6.88. The van der Waals surface area contributed by atoms with Crippen molar-refractivity contribution >= 4 is 44.9 Å². The fourth-order valence-electron chi connectivity index (χ4n) is 1.70. The number of amides is 1. The molecule has 110 valence electrons. The van der Waals surface area contributed by atoms with Crippen LogP contribution in [0.5, 0.6) is 5.75 Å². The van der Waals surface area contributed by atoms with Gasteiger partial charge in [0.2, 0.25) is 0 Å². The molecule has 5 nitrogen and oxygen atoms in total. The second kappa shape index (κ2) is 6.78. The van der Waals surface area contributed by atoms with E-state index in [1.807, 2.05) is 0 Å². The maximum absolute atomic E-state index is 12.3. The van der Waals surface area contributed by atoms with E-state index in [1.165, 1.54) is 6.20 Å². The number of benzene rings is 1. The molecule has 2 aromatic rings. The van der Waals surface area contributed by atoms with Crippen molar-refractivity contribution in [2.24, 2.45) is 0 Å². The molecule has 1 aromatic heterocycles. The maximum atomic E-state index is 12.3. The number of halogens is 2. The topological polar surface area (TPSA) is 63.2 Å². The van der Waals surface area contributed by atoms with Gasteiger partial charge in [0.1, 0.15) is 11.6 Å². The molecular weight excluding hydrogens is 358 g/mol. The molecule has 0 aliphatic heterocycles. The molecule has 0 aliphatic carbocycles. The van der Waals surface area contributed by atoms with Crippen molar-refractivity contribution < 1.29 is 9.53 Å². The Morgan fingerprint density at radius 2 is 2.10 bits per heavy atom. The van der Waals surface area contributed by atoms with E-state index in [0.717, 1.165) is 4.47 Å². The van der Waals surface area contributed by atoms with Gasteiger partial charge in [-0.2, -0.15) is 0 Å². The monoisotopic (exact) mass is 369 g/mol. The number of rotatable bonds is 4. The van der Waals surface area contributed by atoms with E-state index in [9.17, 15) is 4.79 Å².